The van der Waals surface area contributed by atoms with Crippen LogP contribution in [-0.2, 0) is 24.3 Å². The Bertz CT molecular complexity index is 549. The first kappa shape index (κ1) is 14.3. The first-order valence-electron chi connectivity index (χ1n) is 6.75. The molecule has 3 heteroatoms. The first-order valence-corrected chi connectivity index (χ1v) is 6.75. The molecule has 0 saturated heterocycles. The highest BCUT2D eigenvalue weighted by Crippen LogP contribution is 2.08. The standard InChI is InChI=1S/C17H20N2O/c1-19(13-16-5-3-2-4-6-16)17(20)11-14-7-9-15(12-18)10-8-14/h2-10H,11-13,18H2,1H3. The van der Waals surface area contributed by atoms with Gasteiger partial charge in [0.1, 0.15) is 0 Å². The van der Waals surface area contributed by atoms with Crippen molar-refractivity contribution in [3.8, 4) is 0 Å². The second-order valence-electron chi connectivity index (χ2n) is 4.93. The van der Waals surface area contributed by atoms with Crippen LogP contribution in [0.25, 0.3) is 0 Å². The molecule has 0 atom stereocenters. The lowest BCUT2D eigenvalue weighted by Gasteiger charge is -2.17. The summed E-state index contributed by atoms with van der Waals surface area (Å²) in [6, 6.07) is 17.9. The number of hydrogen-bond donors (Lipinski definition) is 1. The molecule has 3 nitrogen and oxygen atoms in total. The van der Waals surface area contributed by atoms with E-state index >= 15 is 0 Å². The van der Waals surface area contributed by atoms with Crippen molar-refractivity contribution >= 4 is 5.91 Å². The Morgan fingerprint density at radius 1 is 0.950 bits per heavy atom. The fraction of sp³-hybridized carbons (Fsp3) is 0.235. The summed E-state index contributed by atoms with van der Waals surface area (Å²) in [7, 11) is 1.84. The van der Waals surface area contributed by atoms with Gasteiger partial charge in [0.2, 0.25) is 5.91 Å². The summed E-state index contributed by atoms with van der Waals surface area (Å²) >= 11 is 0. The van der Waals surface area contributed by atoms with E-state index in [1.54, 1.807) is 4.90 Å². The summed E-state index contributed by atoms with van der Waals surface area (Å²) in [6.07, 6.45) is 0.425. The van der Waals surface area contributed by atoms with Gasteiger partial charge in [0.15, 0.2) is 0 Å². The Balaban J connectivity index is 1.93. The van der Waals surface area contributed by atoms with Crippen molar-refractivity contribution in [3.63, 3.8) is 0 Å². The fourth-order valence-corrected chi connectivity index (χ4v) is 2.05. The second-order valence-corrected chi connectivity index (χ2v) is 4.93. The number of nitrogens with zero attached hydrogens (tertiary/aromatic N) is 1. The molecular formula is C17H20N2O. The Kier molecular flexibility index (Phi) is 4.91. The van der Waals surface area contributed by atoms with E-state index in [9.17, 15) is 4.79 Å². The summed E-state index contributed by atoms with van der Waals surface area (Å²) in [5.41, 5.74) is 8.80. The fourth-order valence-electron chi connectivity index (χ4n) is 2.05. The number of hydrogen-bond acceptors (Lipinski definition) is 2. The van der Waals surface area contributed by atoms with Crippen LogP contribution in [0.5, 0.6) is 0 Å². The van der Waals surface area contributed by atoms with Crippen LogP contribution in [-0.4, -0.2) is 17.9 Å². The highest BCUT2D eigenvalue weighted by molar-refractivity contribution is 5.78. The third kappa shape index (κ3) is 3.93. The van der Waals surface area contributed by atoms with Gasteiger partial charge in [-0.15, -0.1) is 0 Å². The molecule has 0 spiro atoms. The van der Waals surface area contributed by atoms with E-state index in [1.807, 2.05) is 61.6 Å². The predicted octanol–water partition coefficient (Wildman–Crippen LogP) is 2.35. The van der Waals surface area contributed by atoms with Gasteiger partial charge in [-0.2, -0.15) is 0 Å². The van der Waals surface area contributed by atoms with Gasteiger partial charge < -0.3 is 10.6 Å². The molecule has 2 aromatic rings. The highest BCUT2D eigenvalue weighted by atomic mass is 16.2. The summed E-state index contributed by atoms with van der Waals surface area (Å²) in [5, 5.41) is 0. The number of nitrogens with two attached hydrogens (primary N) is 1. The third-order valence-electron chi connectivity index (χ3n) is 3.30. The molecule has 104 valence electrons. The third-order valence-corrected chi connectivity index (χ3v) is 3.30. The zero-order valence-corrected chi connectivity index (χ0v) is 11.8. The minimum Gasteiger partial charge on any atom is -0.341 e. The van der Waals surface area contributed by atoms with Crippen molar-refractivity contribution < 1.29 is 4.79 Å². The van der Waals surface area contributed by atoms with Gasteiger partial charge in [-0.05, 0) is 16.7 Å². The molecule has 0 saturated carbocycles. The molecular weight excluding hydrogens is 248 g/mol. The lowest BCUT2D eigenvalue weighted by Crippen LogP contribution is -2.27. The van der Waals surface area contributed by atoms with E-state index in [2.05, 4.69) is 0 Å². The van der Waals surface area contributed by atoms with Gasteiger partial charge in [-0.1, -0.05) is 54.6 Å². The van der Waals surface area contributed by atoms with Crippen molar-refractivity contribution in [2.75, 3.05) is 7.05 Å². The van der Waals surface area contributed by atoms with E-state index < -0.39 is 0 Å². The van der Waals surface area contributed by atoms with Crippen LogP contribution >= 0.6 is 0 Å². The van der Waals surface area contributed by atoms with Crippen LogP contribution in [0.2, 0.25) is 0 Å². The number of amides is 1. The molecule has 0 aliphatic heterocycles. The predicted molar refractivity (Wildman–Crippen MR) is 81.0 cm³/mol. The van der Waals surface area contributed by atoms with Crippen LogP contribution in [0, 0.1) is 0 Å². The van der Waals surface area contributed by atoms with Crippen LogP contribution in [0.1, 0.15) is 16.7 Å². The van der Waals surface area contributed by atoms with E-state index in [4.69, 9.17) is 5.73 Å². The maximum atomic E-state index is 12.2. The van der Waals surface area contributed by atoms with Crippen molar-refractivity contribution in [2.24, 2.45) is 5.73 Å². The molecule has 0 aliphatic rings. The number of likely N-dealkylation sites (N-methyl/N-ethyl adjacent to an activating group) is 1. The van der Waals surface area contributed by atoms with E-state index in [1.165, 1.54) is 0 Å². The number of benzene rings is 2. The molecule has 2 rings (SSSR count). The SMILES string of the molecule is CN(Cc1ccccc1)C(=O)Cc1ccc(CN)cc1. The maximum absolute atomic E-state index is 12.2. The molecule has 0 heterocycles. The van der Waals surface area contributed by atoms with E-state index in [0.29, 0.717) is 19.5 Å². The lowest BCUT2D eigenvalue weighted by molar-refractivity contribution is -0.129. The average Bonchev–Trinajstić information content (AvgIpc) is 2.49. The monoisotopic (exact) mass is 268 g/mol. The van der Waals surface area contributed by atoms with Crippen LogP contribution < -0.4 is 5.73 Å². The average molecular weight is 268 g/mol. The summed E-state index contributed by atoms with van der Waals surface area (Å²) in [4.78, 5) is 13.9. The van der Waals surface area contributed by atoms with Crippen molar-refractivity contribution in [1.29, 1.82) is 0 Å². The maximum Gasteiger partial charge on any atom is 0.227 e. The summed E-state index contributed by atoms with van der Waals surface area (Å²) in [6.45, 7) is 1.17. The number of carbonyl (C=O) groups is 1. The van der Waals surface area contributed by atoms with Crippen LogP contribution in [0.15, 0.2) is 54.6 Å². The quantitative estimate of drug-likeness (QED) is 0.904. The van der Waals surface area contributed by atoms with Crippen molar-refractivity contribution in [1.82, 2.24) is 4.90 Å². The molecule has 0 bridgehead atoms. The normalized spacial score (nSPS) is 10.3. The Labute approximate surface area is 120 Å². The van der Waals surface area contributed by atoms with Crippen LogP contribution in [0.3, 0.4) is 0 Å². The van der Waals surface area contributed by atoms with Crippen molar-refractivity contribution in [2.45, 2.75) is 19.5 Å². The second kappa shape index (κ2) is 6.87. The molecule has 20 heavy (non-hydrogen) atoms. The van der Waals surface area contributed by atoms with Gasteiger partial charge in [-0.25, -0.2) is 0 Å². The summed E-state index contributed by atoms with van der Waals surface area (Å²) < 4.78 is 0. The lowest BCUT2D eigenvalue weighted by atomic mass is 10.1. The summed E-state index contributed by atoms with van der Waals surface area (Å²) in [5.74, 6) is 0.120. The van der Waals surface area contributed by atoms with Gasteiger partial charge in [-0.3, -0.25) is 4.79 Å². The molecule has 0 aromatic heterocycles. The minimum atomic E-state index is 0.120. The number of carbonyl (C=O) groups excluding carboxylic acids is 1. The molecule has 0 fully saturated rings. The molecule has 2 aromatic carbocycles. The van der Waals surface area contributed by atoms with Gasteiger partial charge in [0.05, 0.1) is 6.42 Å². The largest absolute Gasteiger partial charge is 0.341 e. The Hall–Kier alpha value is -2.13. The topological polar surface area (TPSA) is 46.3 Å². The van der Waals surface area contributed by atoms with Gasteiger partial charge >= 0.3 is 0 Å². The molecule has 1 amide bonds. The smallest absolute Gasteiger partial charge is 0.227 e. The van der Waals surface area contributed by atoms with Crippen molar-refractivity contribution in [3.05, 3.63) is 71.3 Å². The molecule has 0 unspecified atom stereocenters. The Morgan fingerprint density at radius 2 is 1.55 bits per heavy atom. The molecule has 0 radical (unpaired) electrons. The van der Waals surface area contributed by atoms with Gasteiger partial charge in [0.25, 0.3) is 0 Å². The zero-order chi connectivity index (χ0) is 14.4. The van der Waals surface area contributed by atoms with E-state index in [-0.39, 0.29) is 5.91 Å². The first-order chi connectivity index (χ1) is 9.69. The van der Waals surface area contributed by atoms with E-state index in [0.717, 1.165) is 16.7 Å². The molecule has 2 N–H and O–H groups in total. The minimum absolute atomic E-state index is 0.120. The Morgan fingerprint density at radius 3 is 2.15 bits per heavy atom. The zero-order valence-electron chi connectivity index (χ0n) is 11.8. The van der Waals surface area contributed by atoms with Crippen LogP contribution in [0.4, 0.5) is 0 Å². The van der Waals surface area contributed by atoms with Gasteiger partial charge in [0, 0.05) is 20.1 Å². The molecule has 0 aliphatic carbocycles. The number of rotatable bonds is 5. The highest BCUT2D eigenvalue weighted by Gasteiger charge is 2.10.